The van der Waals surface area contributed by atoms with Gasteiger partial charge in [0.05, 0.1) is 5.92 Å². The van der Waals surface area contributed by atoms with E-state index in [9.17, 15) is 9.18 Å². The van der Waals surface area contributed by atoms with Crippen molar-refractivity contribution in [3.05, 3.63) is 35.9 Å². The van der Waals surface area contributed by atoms with Gasteiger partial charge in [0.1, 0.15) is 12.8 Å². The molecule has 0 aromatic heterocycles. The van der Waals surface area contributed by atoms with Crippen LogP contribution in [0, 0.1) is 11.8 Å². The minimum Gasteiger partial charge on any atom is -0.461 e. The highest BCUT2D eigenvalue weighted by Crippen LogP contribution is 2.40. The van der Waals surface area contributed by atoms with Crippen molar-refractivity contribution >= 4 is 5.97 Å². The number of hydrogen-bond acceptors (Lipinski definition) is 2. The zero-order valence-corrected chi connectivity index (χ0v) is 9.23. The number of rotatable bonds is 4. The predicted octanol–water partition coefficient (Wildman–Crippen LogP) is 2.72. The number of hydrogen-bond donors (Lipinski definition) is 0. The SMILES string of the molecule is CC(C(=O)OCc1ccccc1)C1CC1F. The number of carbonyl (C=O) groups excluding carboxylic acids is 1. The molecule has 3 heteroatoms. The van der Waals surface area contributed by atoms with Crippen molar-refractivity contribution in [3.8, 4) is 0 Å². The van der Waals surface area contributed by atoms with Crippen LogP contribution in [0.1, 0.15) is 18.9 Å². The molecule has 0 bridgehead atoms. The summed E-state index contributed by atoms with van der Waals surface area (Å²) in [6.07, 6.45) is -0.305. The van der Waals surface area contributed by atoms with Crippen molar-refractivity contribution in [1.29, 1.82) is 0 Å². The Kier molecular flexibility index (Phi) is 3.22. The van der Waals surface area contributed by atoms with Gasteiger partial charge in [-0.2, -0.15) is 0 Å². The van der Waals surface area contributed by atoms with E-state index in [1.54, 1.807) is 6.92 Å². The average Bonchev–Trinajstić information content (AvgIpc) is 3.03. The van der Waals surface area contributed by atoms with Gasteiger partial charge in [0, 0.05) is 5.92 Å². The maximum Gasteiger partial charge on any atom is 0.309 e. The van der Waals surface area contributed by atoms with Crippen LogP contribution in [0.5, 0.6) is 0 Å². The third-order valence-corrected chi connectivity index (χ3v) is 3.00. The lowest BCUT2D eigenvalue weighted by atomic mass is 10.1. The van der Waals surface area contributed by atoms with Crippen molar-refractivity contribution < 1.29 is 13.9 Å². The molecule has 2 nitrogen and oxygen atoms in total. The quantitative estimate of drug-likeness (QED) is 0.732. The molecule has 1 fully saturated rings. The minimum absolute atomic E-state index is 0.122. The van der Waals surface area contributed by atoms with E-state index in [-0.39, 0.29) is 24.4 Å². The predicted molar refractivity (Wildman–Crippen MR) is 58.4 cm³/mol. The third kappa shape index (κ3) is 2.60. The second-order valence-electron chi connectivity index (χ2n) is 4.30. The van der Waals surface area contributed by atoms with E-state index in [2.05, 4.69) is 0 Å². The van der Waals surface area contributed by atoms with Crippen LogP contribution in [0.4, 0.5) is 4.39 Å². The standard InChI is InChI=1S/C13H15FO2/c1-9(11-7-12(11)14)13(15)16-8-10-5-3-2-4-6-10/h2-6,9,11-12H,7-8H2,1H3. The van der Waals surface area contributed by atoms with Crippen LogP contribution < -0.4 is 0 Å². The molecule has 0 amide bonds. The van der Waals surface area contributed by atoms with Gasteiger partial charge in [-0.25, -0.2) is 4.39 Å². The van der Waals surface area contributed by atoms with Gasteiger partial charge < -0.3 is 4.74 Å². The monoisotopic (exact) mass is 222 g/mol. The van der Waals surface area contributed by atoms with Crippen LogP contribution in [-0.2, 0) is 16.1 Å². The number of carbonyl (C=O) groups is 1. The van der Waals surface area contributed by atoms with Crippen molar-refractivity contribution in [3.63, 3.8) is 0 Å². The number of alkyl halides is 1. The lowest BCUT2D eigenvalue weighted by molar-refractivity contribution is -0.150. The summed E-state index contributed by atoms with van der Waals surface area (Å²) >= 11 is 0. The Morgan fingerprint density at radius 3 is 2.69 bits per heavy atom. The van der Waals surface area contributed by atoms with E-state index in [4.69, 9.17) is 4.74 Å². The lowest BCUT2D eigenvalue weighted by Crippen LogP contribution is -2.17. The molecule has 3 unspecified atom stereocenters. The average molecular weight is 222 g/mol. The molecule has 1 aliphatic carbocycles. The van der Waals surface area contributed by atoms with E-state index < -0.39 is 6.17 Å². The molecule has 0 saturated heterocycles. The van der Waals surface area contributed by atoms with E-state index in [1.807, 2.05) is 30.3 Å². The fraction of sp³-hybridized carbons (Fsp3) is 0.462. The van der Waals surface area contributed by atoms with E-state index >= 15 is 0 Å². The van der Waals surface area contributed by atoms with Gasteiger partial charge in [0.25, 0.3) is 0 Å². The molecule has 1 aliphatic rings. The number of esters is 1. The van der Waals surface area contributed by atoms with Gasteiger partial charge in [-0.15, -0.1) is 0 Å². The Balaban J connectivity index is 1.80. The first kappa shape index (κ1) is 11.1. The van der Waals surface area contributed by atoms with Gasteiger partial charge in [0.2, 0.25) is 0 Å². The van der Waals surface area contributed by atoms with Gasteiger partial charge in [-0.3, -0.25) is 4.79 Å². The molecule has 3 atom stereocenters. The Bertz CT molecular complexity index is 363. The Hall–Kier alpha value is -1.38. The van der Waals surface area contributed by atoms with Gasteiger partial charge in [-0.05, 0) is 12.0 Å². The molecule has 86 valence electrons. The number of ether oxygens (including phenoxy) is 1. The molecular weight excluding hydrogens is 207 g/mol. The van der Waals surface area contributed by atoms with Crippen LogP contribution in [-0.4, -0.2) is 12.1 Å². The zero-order chi connectivity index (χ0) is 11.5. The molecule has 0 N–H and O–H groups in total. The van der Waals surface area contributed by atoms with E-state index in [0.29, 0.717) is 6.42 Å². The summed E-state index contributed by atoms with van der Waals surface area (Å²) in [7, 11) is 0. The lowest BCUT2D eigenvalue weighted by Gasteiger charge is -2.10. The Morgan fingerprint density at radius 1 is 1.50 bits per heavy atom. The number of halogens is 1. The third-order valence-electron chi connectivity index (χ3n) is 3.00. The molecule has 0 spiro atoms. The molecule has 0 aliphatic heterocycles. The Morgan fingerprint density at radius 2 is 2.12 bits per heavy atom. The van der Waals surface area contributed by atoms with Crippen LogP contribution in [0.3, 0.4) is 0 Å². The topological polar surface area (TPSA) is 26.3 Å². The summed E-state index contributed by atoms with van der Waals surface area (Å²) in [6, 6.07) is 9.49. The Labute approximate surface area is 94.4 Å². The zero-order valence-electron chi connectivity index (χ0n) is 9.23. The van der Waals surface area contributed by atoms with Crippen molar-refractivity contribution in [2.45, 2.75) is 26.1 Å². The largest absolute Gasteiger partial charge is 0.461 e. The molecular formula is C13H15FO2. The summed E-state index contributed by atoms with van der Waals surface area (Å²) < 4.78 is 17.9. The highest BCUT2D eigenvalue weighted by Gasteiger charge is 2.45. The highest BCUT2D eigenvalue weighted by molar-refractivity contribution is 5.73. The summed E-state index contributed by atoms with van der Waals surface area (Å²) in [5.41, 5.74) is 0.954. The maximum absolute atomic E-state index is 12.7. The van der Waals surface area contributed by atoms with Crippen LogP contribution >= 0.6 is 0 Å². The molecule has 0 radical (unpaired) electrons. The first-order chi connectivity index (χ1) is 7.68. The van der Waals surface area contributed by atoms with Crippen LogP contribution in [0.15, 0.2) is 30.3 Å². The van der Waals surface area contributed by atoms with Gasteiger partial charge in [-0.1, -0.05) is 37.3 Å². The molecule has 0 heterocycles. The second kappa shape index (κ2) is 4.64. The molecule has 1 aromatic carbocycles. The van der Waals surface area contributed by atoms with E-state index in [1.165, 1.54) is 0 Å². The van der Waals surface area contributed by atoms with Crippen molar-refractivity contribution in [1.82, 2.24) is 0 Å². The fourth-order valence-corrected chi connectivity index (χ4v) is 1.73. The van der Waals surface area contributed by atoms with Gasteiger partial charge in [0.15, 0.2) is 0 Å². The maximum atomic E-state index is 12.7. The van der Waals surface area contributed by atoms with E-state index in [0.717, 1.165) is 5.56 Å². The van der Waals surface area contributed by atoms with Crippen LogP contribution in [0.25, 0.3) is 0 Å². The first-order valence-electron chi connectivity index (χ1n) is 5.53. The summed E-state index contributed by atoms with van der Waals surface area (Å²) in [6.45, 7) is 2.01. The molecule has 2 rings (SSSR count). The van der Waals surface area contributed by atoms with Crippen molar-refractivity contribution in [2.75, 3.05) is 0 Å². The molecule has 16 heavy (non-hydrogen) atoms. The summed E-state index contributed by atoms with van der Waals surface area (Å²) in [5.74, 6) is -0.740. The fourth-order valence-electron chi connectivity index (χ4n) is 1.73. The van der Waals surface area contributed by atoms with Crippen LogP contribution in [0.2, 0.25) is 0 Å². The molecule has 1 aromatic rings. The summed E-state index contributed by atoms with van der Waals surface area (Å²) in [4.78, 5) is 11.6. The van der Waals surface area contributed by atoms with Crippen molar-refractivity contribution in [2.24, 2.45) is 11.8 Å². The summed E-state index contributed by atoms with van der Waals surface area (Å²) in [5, 5.41) is 0. The van der Waals surface area contributed by atoms with Gasteiger partial charge >= 0.3 is 5.97 Å². The second-order valence-corrected chi connectivity index (χ2v) is 4.30. The minimum atomic E-state index is -0.806. The normalized spacial score (nSPS) is 24.9. The first-order valence-corrected chi connectivity index (χ1v) is 5.53. The number of benzene rings is 1. The molecule has 1 saturated carbocycles. The highest BCUT2D eigenvalue weighted by atomic mass is 19.1. The smallest absolute Gasteiger partial charge is 0.309 e.